The molecule has 1 aliphatic rings. The highest BCUT2D eigenvalue weighted by molar-refractivity contribution is 5.93. The Hall–Kier alpha value is -4.14. The molecule has 0 spiro atoms. The highest BCUT2D eigenvalue weighted by Gasteiger charge is 2.19. The van der Waals surface area contributed by atoms with E-state index < -0.39 is 5.91 Å². The lowest BCUT2D eigenvalue weighted by Crippen LogP contribution is -2.28. The van der Waals surface area contributed by atoms with Crippen LogP contribution in [-0.4, -0.2) is 40.7 Å². The molecule has 1 unspecified atom stereocenters. The standard InChI is InChI=1S/C24H22FN5O3/c1-14(15-3-6-17(25)7-4-15)26-23(31)18-12-21-24(32)27-19(13-30(21)28-18)16-5-8-22-20(11-16)29(2)9-10-33-22/h3-8,11-14H,9-10H2,1-2H3,(H,26,31)(H,27,32). The Kier molecular flexibility index (Phi) is 5.08. The number of anilines is 1. The third-order valence-electron chi connectivity index (χ3n) is 5.78. The van der Waals surface area contributed by atoms with Crippen molar-refractivity contribution < 1.29 is 13.9 Å². The lowest BCUT2D eigenvalue weighted by Gasteiger charge is -2.28. The molecule has 4 aromatic rings. The van der Waals surface area contributed by atoms with Crippen molar-refractivity contribution in [3.05, 3.63) is 82.2 Å². The third kappa shape index (κ3) is 3.93. The number of carbonyl (C=O) groups is 1. The van der Waals surface area contributed by atoms with Gasteiger partial charge in [0.15, 0.2) is 5.69 Å². The first-order valence-electron chi connectivity index (χ1n) is 10.6. The first-order chi connectivity index (χ1) is 15.9. The smallest absolute Gasteiger partial charge is 0.274 e. The number of hydrogen-bond acceptors (Lipinski definition) is 5. The maximum atomic E-state index is 13.1. The van der Waals surface area contributed by atoms with Crippen LogP contribution in [0.15, 0.2) is 59.5 Å². The lowest BCUT2D eigenvalue weighted by atomic mass is 10.1. The lowest BCUT2D eigenvalue weighted by molar-refractivity contribution is 0.0934. The van der Waals surface area contributed by atoms with Crippen LogP contribution >= 0.6 is 0 Å². The minimum atomic E-state index is -0.427. The van der Waals surface area contributed by atoms with Crippen LogP contribution in [0.4, 0.5) is 10.1 Å². The Labute approximate surface area is 188 Å². The van der Waals surface area contributed by atoms with E-state index in [1.807, 2.05) is 25.2 Å². The van der Waals surface area contributed by atoms with Crippen LogP contribution in [-0.2, 0) is 0 Å². The second kappa shape index (κ2) is 8.09. The Morgan fingerprint density at radius 2 is 2.00 bits per heavy atom. The van der Waals surface area contributed by atoms with Gasteiger partial charge in [0, 0.05) is 18.7 Å². The number of benzene rings is 2. The number of nitrogens with one attached hydrogen (secondary N) is 2. The van der Waals surface area contributed by atoms with Gasteiger partial charge in [-0.25, -0.2) is 8.91 Å². The van der Waals surface area contributed by atoms with Gasteiger partial charge in [0.05, 0.1) is 30.2 Å². The zero-order valence-corrected chi connectivity index (χ0v) is 18.1. The van der Waals surface area contributed by atoms with Crippen molar-refractivity contribution >= 4 is 17.1 Å². The quantitative estimate of drug-likeness (QED) is 0.502. The maximum absolute atomic E-state index is 13.1. The Balaban J connectivity index is 1.44. The summed E-state index contributed by atoms with van der Waals surface area (Å²) >= 11 is 0. The molecule has 1 amide bonds. The Morgan fingerprint density at radius 3 is 2.79 bits per heavy atom. The fourth-order valence-corrected chi connectivity index (χ4v) is 3.88. The van der Waals surface area contributed by atoms with Crippen LogP contribution in [0.25, 0.3) is 16.8 Å². The fraction of sp³-hybridized carbons (Fsp3) is 0.208. The van der Waals surface area contributed by atoms with E-state index in [-0.39, 0.29) is 28.6 Å². The zero-order valence-electron chi connectivity index (χ0n) is 18.1. The number of likely N-dealkylation sites (N-methyl/N-ethyl adjacent to an activating group) is 1. The first-order valence-corrected chi connectivity index (χ1v) is 10.6. The average molecular weight is 447 g/mol. The number of nitrogens with zero attached hydrogens (tertiary/aromatic N) is 3. The molecule has 8 nitrogen and oxygen atoms in total. The predicted molar refractivity (Wildman–Crippen MR) is 122 cm³/mol. The van der Waals surface area contributed by atoms with Crippen LogP contribution in [0.3, 0.4) is 0 Å². The minimum absolute atomic E-state index is 0.116. The van der Waals surface area contributed by atoms with Crippen molar-refractivity contribution in [3.63, 3.8) is 0 Å². The molecule has 2 aromatic heterocycles. The number of halogens is 1. The molecule has 1 aliphatic heterocycles. The van der Waals surface area contributed by atoms with Crippen molar-refractivity contribution in [1.82, 2.24) is 19.9 Å². The van der Waals surface area contributed by atoms with Gasteiger partial charge >= 0.3 is 0 Å². The molecule has 3 heterocycles. The number of H-pyrrole nitrogens is 1. The molecule has 0 saturated carbocycles. The minimum Gasteiger partial charge on any atom is -0.490 e. The zero-order chi connectivity index (χ0) is 23.1. The summed E-state index contributed by atoms with van der Waals surface area (Å²) < 4.78 is 20.2. The summed E-state index contributed by atoms with van der Waals surface area (Å²) in [6, 6.07) is 12.7. The largest absolute Gasteiger partial charge is 0.490 e. The number of hydrogen-bond donors (Lipinski definition) is 2. The average Bonchev–Trinajstić information content (AvgIpc) is 3.25. The molecule has 5 rings (SSSR count). The Bertz CT molecular complexity index is 1410. The van der Waals surface area contributed by atoms with Gasteiger partial charge in [0.2, 0.25) is 0 Å². The molecule has 1 atom stereocenters. The number of rotatable bonds is 4. The first kappa shape index (κ1) is 20.7. The summed E-state index contributed by atoms with van der Waals surface area (Å²) in [7, 11) is 1.99. The number of ether oxygens (including phenoxy) is 1. The van der Waals surface area contributed by atoms with Crippen LogP contribution in [0.2, 0.25) is 0 Å². The van der Waals surface area contributed by atoms with Gasteiger partial charge in [-0.3, -0.25) is 9.59 Å². The summed E-state index contributed by atoms with van der Waals surface area (Å²) in [4.78, 5) is 30.4. The summed E-state index contributed by atoms with van der Waals surface area (Å²) in [6.07, 6.45) is 1.68. The molecular weight excluding hydrogens is 425 g/mol. The van der Waals surface area contributed by atoms with Crippen LogP contribution in [0.5, 0.6) is 5.75 Å². The van der Waals surface area contributed by atoms with Crippen molar-refractivity contribution in [2.24, 2.45) is 0 Å². The second-order valence-electron chi connectivity index (χ2n) is 8.06. The topological polar surface area (TPSA) is 91.7 Å². The molecule has 0 aliphatic carbocycles. The van der Waals surface area contributed by atoms with Crippen molar-refractivity contribution in [2.45, 2.75) is 13.0 Å². The van der Waals surface area contributed by atoms with Crippen molar-refractivity contribution in [3.8, 4) is 17.0 Å². The van der Waals surface area contributed by atoms with Gasteiger partial charge in [-0.2, -0.15) is 5.10 Å². The number of aromatic nitrogens is 3. The molecule has 2 aromatic carbocycles. The Morgan fingerprint density at radius 1 is 1.21 bits per heavy atom. The van der Waals surface area contributed by atoms with Crippen molar-refractivity contribution in [1.29, 1.82) is 0 Å². The van der Waals surface area contributed by atoms with E-state index in [2.05, 4.69) is 20.3 Å². The molecule has 9 heteroatoms. The van der Waals surface area contributed by atoms with E-state index in [0.717, 1.165) is 29.1 Å². The summed E-state index contributed by atoms with van der Waals surface area (Å²) in [5.74, 6) is 0.0269. The van der Waals surface area contributed by atoms with Gasteiger partial charge in [-0.1, -0.05) is 12.1 Å². The highest BCUT2D eigenvalue weighted by atomic mass is 19.1. The summed E-state index contributed by atoms with van der Waals surface area (Å²) in [5, 5.41) is 7.14. The van der Waals surface area contributed by atoms with E-state index in [0.29, 0.717) is 12.3 Å². The maximum Gasteiger partial charge on any atom is 0.274 e. The van der Waals surface area contributed by atoms with Gasteiger partial charge in [-0.05, 0) is 42.8 Å². The normalized spacial score (nSPS) is 14.0. The van der Waals surface area contributed by atoms with Crippen LogP contribution in [0.1, 0.15) is 29.0 Å². The second-order valence-corrected chi connectivity index (χ2v) is 8.06. The molecular formula is C24H22FN5O3. The van der Waals surface area contributed by atoms with E-state index in [1.165, 1.54) is 22.7 Å². The molecule has 0 radical (unpaired) electrons. The highest BCUT2D eigenvalue weighted by Crippen LogP contribution is 2.34. The van der Waals surface area contributed by atoms with E-state index >= 15 is 0 Å². The summed E-state index contributed by atoms with van der Waals surface area (Å²) in [5.41, 5.74) is 3.10. The predicted octanol–water partition coefficient (Wildman–Crippen LogP) is 3.15. The van der Waals surface area contributed by atoms with Crippen LogP contribution < -0.4 is 20.5 Å². The van der Waals surface area contributed by atoms with Gasteiger partial charge in [-0.15, -0.1) is 0 Å². The number of aromatic amines is 1. The van der Waals surface area contributed by atoms with Gasteiger partial charge in [0.25, 0.3) is 11.5 Å². The molecule has 0 saturated heterocycles. The van der Waals surface area contributed by atoms with Gasteiger partial charge < -0.3 is 19.9 Å². The number of carbonyl (C=O) groups excluding carboxylic acids is 1. The van der Waals surface area contributed by atoms with E-state index in [1.54, 1.807) is 25.3 Å². The molecule has 33 heavy (non-hydrogen) atoms. The molecule has 0 fully saturated rings. The molecule has 168 valence electrons. The van der Waals surface area contributed by atoms with Crippen molar-refractivity contribution in [2.75, 3.05) is 25.1 Å². The third-order valence-corrected chi connectivity index (χ3v) is 5.78. The van der Waals surface area contributed by atoms with Crippen LogP contribution in [0, 0.1) is 5.82 Å². The number of amides is 1. The summed E-state index contributed by atoms with van der Waals surface area (Å²) in [6.45, 7) is 3.20. The molecule has 2 N–H and O–H groups in total. The molecule has 0 bridgehead atoms. The fourth-order valence-electron chi connectivity index (χ4n) is 3.88. The number of fused-ring (bicyclic) bond motifs is 2. The van der Waals surface area contributed by atoms with E-state index in [9.17, 15) is 14.0 Å². The van der Waals surface area contributed by atoms with Gasteiger partial charge in [0.1, 0.15) is 23.7 Å². The SMILES string of the molecule is CC(NC(=O)c1cc2c(=O)[nH]c(-c3ccc4c(c3)N(C)CCO4)cn2n1)c1ccc(F)cc1. The van der Waals surface area contributed by atoms with E-state index in [4.69, 9.17) is 4.74 Å². The monoisotopic (exact) mass is 447 g/mol.